The second-order valence-electron chi connectivity index (χ2n) is 4.95. The van der Waals surface area contributed by atoms with Gasteiger partial charge in [0.2, 0.25) is 0 Å². The van der Waals surface area contributed by atoms with Crippen molar-refractivity contribution in [3.8, 4) is 5.75 Å². The molecule has 0 spiro atoms. The Morgan fingerprint density at radius 1 is 1.33 bits per heavy atom. The van der Waals surface area contributed by atoms with Crippen LogP contribution < -0.4 is 15.0 Å². The van der Waals surface area contributed by atoms with E-state index in [1.54, 1.807) is 18.4 Å². The van der Waals surface area contributed by atoms with Gasteiger partial charge in [-0.2, -0.15) is 0 Å². The lowest BCUT2D eigenvalue weighted by Crippen LogP contribution is -2.16. The van der Waals surface area contributed by atoms with E-state index < -0.39 is 0 Å². The van der Waals surface area contributed by atoms with Crippen molar-refractivity contribution in [2.24, 2.45) is 0 Å². The minimum Gasteiger partial charge on any atom is -0.496 e. The minimum absolute atomic E-state index is 0.791. The molecule has 1 aromatic heterocycles. The van der Waals surface area contributed by atoms with Gasteiger partial charge in [-0.05, 0) is 19.0 Å². The summed E-state index contributed by atoms with van der Waals surface area (Å²) in [6, 6.07) is 8.11. The third kappa shape index (κ3) is 4.44. The van der Waals surface area contributed by atoms with Crippen LogP contribution in [0.25, 0.3) is 0 Å². The number of thiazole rings is 1. The Bertz CT molecular complexity index is 556. The van der Waals surface area contributed by atoms with E-state index in [1.807, 2.05) is 24.4 Å². The van der Waals surface area contributed by atoms with E-state index in [4.69, 9.17) is 4.74 Å². The predicted octanol–water partition coefficient (Wildman–Crippen LogP) is 3.29. The molecule has 0 unspecified atom stereocenters. The number of nitrogens with one attached hydrogen (secondary N) is 1. The number of rotatable bonds is 8. The maximum atomic E-state index is 5.40. The Balaban J connectivity index is 1.98. The molecule has 2 rings (SSSR count). The van der Waals surface area contributed by atoms with Gasteiger partial charge in [-0.1, -0.05) is 25.1 Å². The standard InChI is InChI=1S/C16H23N3OS/c1-4-9-17-10-14-11-18-16(21-14)19(2)12-13-7-5-6-8-15(13)20-3/h5-8,11,17H,4,9-10,12H2,1-3H3. The largest absolute Gasteiger partial charge is 0.496 e. The molecule has 0 aliphatic rings. The molecule has 0 aliphatic heterocycles. The molecule has 0 atom stereocenters. The van der Waals surface area contributed by atoms with Crippen LogP contribution >= 0.6 is 11.3 Å². The molecule has 21 heavy (non-hydrogen) atoms. The number of hydrogen-bond donors (Lipinski definition) is 1. The highest BCUT2D eigenvalue weighted by atomic mass is 32.1. The second kappa shape index (κ2) is 8.00. The van der Waals surface area contributed by atoms with Crippen LogP contribution in [0, 0.1) is 0 Å². The molecule has 1 N–H and O–H groups in total. The van der Waals surface area contributed by atoms with Crippen LogP contribution in [0.1, 0.15) is 23.8 Å². The molecule has 1 aromatic carbocycles. The maximum Gasteiger partial charge on any atom is 0.185 e. The van der Waals surface area contributed by atoms with Gasteiger partial charge in [0, 0.05) is 36.8 Å². The summed E-state index contributed by atoms with van der Waals surface area (Å²) in [6.45, 7) is 4.91. The molecule has 0 fully saturated rings. The van der Waals surface area contributed by atoms with Gasteiger partial charge in [0.1, 0.15) is 5.75 Å². The topological polar surface area (TPSA) is 37.4 Å². The van der Waals surface area contributed by atoms with Crippen LogP contribution in [-0.2, 0) is 13.1 Å². The van der Waals surface area contributed by atoms with E-state index in [-0.39, 0.29) is 0 Å². The zero-order chi connectivity index (χ0) is 15.1. The van der Waals surface area contributed by atoms with Crippen molar-refractivity contribution in [1.82, 2.24) is 10.3 Å². The van der Waals surface area contributed by atoms with Gasteiger partial charge in [-0.25, -0.2) is 4.98 Å². The number of nitrogens with zero attached hydrogens (tertiary/aromatic N) is 2. The molecular weight excluding hydrogens is 282 g/mol. The Kier molecular flexibility index (Phi) is 6.02. The molecular formula is C16H23N3OS. The fraction of sp³-hybridized carbons (Fsp3) is 0.438. The van der Waals surface area contributed by atoms with Crippen molar-refractivity contribution >= 4 is 16.5 Å². The third-order valence-corrected chi connectivity index (χ3v) is 4.31. The van der Waals surface area contributed by atoms with Crippen molar-refractivity contribution in [3.63, 3.8) is 0 Å². The van der Waals surface area contributed by atoms with Crippen molar-refractivity contribution in [1.29, 1.82) is 0 Å². The fourth-order valence-corrected chi connectivity index (χ4v) is 2.94. The van der Waals surface area contributed by atoms with Gasteiger partial charge in [-0.15, -0.1) is 11.3 Å². The van der Waals surface area contributed by atoms with Crippen LogP contribution in [0.2, 0.25) is 0 Å². The van der Waals surface area contributed by atoms with E-state index >= 15 is 0 Å². The molecule has 0 aliphatic carbocycles. The zero-order valence-corrected chi connectivity index (χ0v) is 13.7. The number of para-hydroxylation sites is 1. The number of ether oxygens (including phenoxy) is 1. The van der Waals surface area contributed by atoms with Gasteiger partial charge in [0.05, 0.1) is 7.11 Å². The van der Waals surface area contributed by atoms with E-state index in [2.05, 4.69) is 35.2 Å². The van der Waals surface area contributed by atoms with Crippen molar-refractivity contribution in [3.05, 3.63) is 40.9 Å². The quantitative estimate of drug-likeness (QED) is 0.759. The molecule has 4 nitrogen and oxygen atoms in total. The normalized spacial score (nSPS) is 10.6. The summed E-state index contributed by atoms with van der Waals surface area (Å²) >= 11 is 1.74. The first-order chi connectivity index (χ1) is 10.2. The average Bonchev–Trinajstić information content (AvgIpc) is 2.97. The first-order valence-electron chi connectivity index (χ1n) is 7.23. The molecule has 0 saturated carbocycles. The smallest absolute Gasteiger partial charge is 0.185 e. The van der Waals surface area contributed by atoms with Crippen LogP contribution in [0.15, 0.2) is 30.5 Å². The lowest BCUT2D eigenvalue weighted by atomic mass is 10.2. The number of hydrogen-bond acceptors (Lipinski definition) is 5. The summed E-state index contributed by atoms with van der Waals surface area (Å²) < 4.78 is 5.40. The van der Waals surface area contributed by atoms with E-state index in [0.717, 1.165) is 36.9 Å². The first kappa shape index (κ1) is 15.8. The SMILES string of the molecule is CCCNCc1cnc(N(C)Cc2ccccc2OC)s1. The van der Waals surface area contributed by atoms with E-state index in [0.29, 0.717) is 0 Å². The fourth-order valence-electron chi connectivity index (χ4n) is 2.10. The zero-order valence-electron chi connectivity index (χ0n) is 12.9. The highest BCUT2D eigenvalue weighted by Gasteiger charge is 2.10. The van der Waals surface area contributed by atoms with Gasteiger partial charge in [0.15, 0.2) is 5.13 Å². The summed E-state index contributed by atoms with van der Waals surface area (Å²) in [4.78, 5) is 7.94. The molecule has 114 valence electrons. The van der Waals surface area contributed by atoms with Crippen molar-refractivity contribution in [2.75, 3.05) is 25.6 Å². The average molecular weight is 305 g/mol. The highest BCUT2D eigenvalue weighted by molar-refractivity contribution is 7.15. The molecule has 2 aromatic rings. The van der Waals surface area contributed by atoms with Gasteiger partial charge in [0.25, 0.3) is 0 Å². The summed E-state index contributed by atoms with van der Waals surface area (Å²) in [6.07, 6.45) is 3.11. The Morgan fingerprint density at radius 2 is 2.14 bits per heavy atom. The lowest BCUT2D eigenvalue weighted by molar-refractivity contribution is 0.409. The number of methoxy groups -OCH3 is 1. The van der Waals surface area contributed by atoms with Crippen molar-refractivity contribution in [2.45, 2.75) is 26.4 Å². The van der Waals surface area contributed by atoms with Crippen molar-refractivity contribution < 1.29 is 4.74 Å². The Morgan fingerprint density at radius 3 is 2.90 bits per heavy atom. The summed E-state index contributed by atoms with van der Waals surface area (Å²) in [5.74, 6) is 0.922. The summed E-state index contributed by atoms with van der Waals surface area (Å²) in [5.41, 5.74) is 1.17. The van der Waals surface area contributed by atoms with Crippen LogP contribution in [-0.4, -0.2) is 25.7 Å². The monoisotopic (exact) mass is 305 g/mol. The molecule has 0 saturated heterocycles. The highest BCUT2D eigenvalue weighted by Crippen LogP contribution is 2.25. The third-order valence-electron chi connectivity index (χ3n) is 3.19. The van der Waals surface area contributed by atoms with Gasteiger partial charge < -0.3 is 15.0 Å². The van der Waals surface area contributed by atoms with Crippen LogP contribution in [0.4, 0.5) is 5.13 Å². The summed E-state index contributed by atoms with van der Waals surface area (Å²) in [5, 5.41) is 4.44. The summed E-state index contributed by atoms with van der Waals surface area (Å²) in [7, 11) is 3.77. The molecule has 0 bridgehead atoms. The lowest BCUT2D eigenvalue weighted by Gasteiger charge is -2.17. The van der Waals surface area contributed by atoms with Gasteiger partial charge in [-0.3, -0.25) is 0 Å². The van der Waals surface area contributed by atoms with E-state index in [9.17, 15) is 0 Å². The number of benzene rings is 1. The Labute approximate surface area is 130 Å². The van der Waals surface area contributed by atoms with E-state index in [1.165, 1.54) is 10.4 Å². The molecule has 0 radical (unpaired) electrons. The second-order valence-corrected chi connectivity index (χ2v) is 6.05. The number of anilines is 1. The van der Waals surface area contributed by atoms with Crippen LogP contribution in [0.3, 0.4) is 0 Å². The molecule has 5 heteroatoms. The molecule has 1 heterocycles. The first-order valence-corrected chi connectivity index (χ1v) is 8.04. The predicted molar refractivity (Wildman–Crippen MR) is 89.2 cm³/mol. The Hall–Kier alpha value is -1.59. The van der Waals surface area contributed by atoms with Gasteiger partial charge >= 0.3 is 0 Å². The van der Waals surface area contributed by atoms with Crippen LogP contribution in [0.5, 0.6) is 5.75 Å². The molecule has 0 amide bonds. The maximum absolute atomic E-state index is 5.40. The number of aromatic nitrogens is 1. The minimum atomic E-state index is 0.791.